The van der Waals surface area contributed by atoms with Gasteiger partial charge < -0.3 is 0 Å². The standard InChI is InChI=1S/C19H33N/c1-6-7-15-20-16-14-19(5)13-9-12-18(4)11-8-10-17(2)3/h10,12,14,16H,6-9,11,13,15H2,1-5H3/b18-12+,19-14+,20-16?. The second kappa shape index (κ2) is 12.9. The van der Waals surface area contributed by atoms with Crippen LogP contribution in [0.5, 0.6) is 0 Å². The van der Waals surface area contributed by atoms with E-state index in [2.05, 4.69) is 57.8 Å². The summed E-state index contributed by atoms with van der Waals surface area (Å²) in [5.41, 5.74) is 4.34. The highest BCUT2D eigenvalue weighted by Gasteiger charge is 1.91. The molecule has 0 bridgehead atoms. The van der Waals surface area contributed by atoms with Crippen molar-refractivity contribution in [1.29, 1.82) is 0 Å². The molecule has 0 aromatic heterocycles. The van der Waals surface area contributed by atoms with E-state index < -0.39 is 0 Å². The highest BCUT2D eigenvalue weighted by atomic mass is 14.7. The summed E-state index contributed by atoms with van der Waals surface area (Å²) in [5, 5.41) is 0. The average molecular weight is 275 g/mol. The molecule has 0 spiro atoms. The number of rotatable bonds is 10. The van der Waals surface area contributed by atoms with Crippen LogP contribution in [-0.4, -0.2) is 12.8 Å². The average Bonchev–Trinajstić information content (AvgIpc) is 2.38. The predicted octanol–water partition coefficient (Wildman–Crippen LogP) is 6.28. The van der Waals surface area contributed by atoms with E-state index in [9.17, 15) is 0 Å². The van der Waals surface area contributed by atoms with Crippen LogP contribution >= 0.6 is 0 Å². The van der Waals surface area contributed by atoms with Crippen LogP contribution in [0.25, 0.3) is 0 Å². The molecule has 0 aliphatic carbocycles. The quantitative estimate of drug-likeness (QED) is 0.253. The van der Waals surface area contributed by atoms with Gasteiger partial charge in [-0.2, -0.15) is 0 Å². The number of hydrogen-bond donors (Lipinski definition) is 0. The van der Waals surface area contributed by atoms with Crippen LogP contribution in [0, 0.1) is 0 Å². The second-order valence-corrected chi connectivity index (χ2v) is 5.83. The number of unbranched alkanes of at least 4 members (excludes halogenated alkanes) is 1. The van der Waals surface area contributed by atoms with Gasteiger partial charge in [-0.3, -0.25) is 4.99 Å². The van der Waals surface area contributed by atoms with E-state index in [0.29, 0.717) is 0 Å². The first kappa shape index (κ1) is 18.9. The maximum atomic E-state index is 4.38. The maximum Gasteiger partial charge on any atom is 0.0389 e. The Bertz CT molecular complexity index is 352. The molecule has 0 atom stereocenters. The monoisotopic (exact) mass is 275 g/mol. The Morgan fingerprint density at radius 3 is 2.20 bits per heavy atom. The fraction of sp³-hybridized carbons (Fsp3) is 0.632. The zero-order valence-electron chi connectivity index (χ0n) is 14.2. The normalized spacial score (nSPS) is 13.1. The van der Waals surface area contributed by atoms with Gasteiger partial charge in [0.2, 0.25) is 0 Å². The third-order valence-corrected chi connectivity index (χ3v) is 3.23. The highest BCUT2D eigenvalue weighted by molar-refractivity contribution is 5.71. The lowest BCUT2D eigenvalue weighted by molar-refractivity contribution is 0.810. The highest BCUT2D eigenvalue weighted by Crippen LogP contribution is 2.10. The van der Waals surface area contributed by atoms with Gasteiger partial charge in [0, 0.05) is 12.8 Å². The van der Waals surface area contributed by atoms with Crippen molar-refractivity contribution in [3.8, 4) is 0 Å². The Balaban J connectivity index is 3.88. The predicted molar refractivity (Wildman–Crippen MR) is 93.7 cm³/mol. The van der Waals surface area contributed by atoms with Gasteiger partial charge in [0.1, 0.15) is 0 Å². The number of nitrogens with zero attached hydrogens (tertiary/aromatic N) is 1. The van der Waals surface area contributed by atoms with Crippen LogP contribution in [0.4, 0.5) is 0 Å². The summed E-state index contributed by atoms with van der Waals surface area (Å²) in [4.78, 5) is 4.38. The van der Waals surface area contributed by atoms with Crippen molar-refractivity contribution in [2.24, 2.45) is 4.99 Å². The van der Waals surface area contributed by atoms with Crippen LogP contribution in [0.1, 0.15) is 73.1 Å². The van der Waals surface area contributed by atoms with Crippen molar-refractivity contribution in [1.82, 2.24) is 0 Å². The molecule has 0 aliphatic heterocycles. The van der Waals surface area contributed by atoms with Crippen molar-refractivity contribution >= 4 is 6.21 Å². The van der Waals surface area contributed by atoms with Gasteiger partial charge in [0.25, 0.3) is 0 Å². The van der Waals surface area contributed by atoms with Crippen molar-refractivity contribution in [2.75, 3.05) is 6.54 Å². The Hall–Kier alpha value is -1.11. The molecule has 114 valence electrons. The lowest BCUT2D eigenvalue weighted by Crippen LogP contribution is -1.82. The van der Waals surface area contributed by atoms with E-state index in [4.69, 9.17) is 0 Å². The minimum absolute atomic E-state index is 0.962. The molecule has 0 amide bonds. The summed E-state index contributed by atoms with van der Waals surface area (Å²) in [6.07, 6.45) is 15.9. The molecule has 0 heterocycles. The lowest BCUT2D eigenvalue weighted by Gasteiger charge is -2.00. The van der Waals surface area contributed by atoms with Crippen molar-refractivity contribution in [3.63, 3.8) is 0 Å². The second-order valence-electron chi connectivity index (χ2n) is 5.83. The van der Waals surface area contributed by atoms with E-state index in [0.717, 1.165) is 19.4 Å². The molecular weight excluding hydrogens is 242 g/mol. The molecule has 0 unspecified atom stereocenters. The molecular formula is C19H33N. The largest absolute Gasteiger partial charge is 0.293 e. The van der Waals surface area contributed by atoms with Gasteiger partial charge in [-0.1, -0.05) is 42.2 Å². The Kier molecular flexibility index (Phi) is 12.2. The van der Waals surface area contributed by atoms with Gasteiger partial charge in [0.15, 0.2) is 0 Å². The third-order valence-electron chi connectivity index (χ3n) is 3.23. The van der Waals surface area contributed by atoms with Gasteiger partial charge in [-0.15, -0.1) is 0 Å². The molecule has 0 aliphatic rings. The van der Waals surface area contributed by atoms with Crippen molar-refractivity contribution < 1.29 is 0 Å². The van der Waals surface area contributed by atoms with Gasteiger partial charge in [0.05, 0.1) is 0 Å². The molecule has 1 heteroatoms. The molecule has 0 aromatic rings. The van der Waals surface area contributed by atoms with Crippen LogP contribution in [0.2, 0.25) is 0 Å². The zero-order chi connectivity index (χ0) is 15.2. The molecule has 0 rings (SSSR count). The Morgan fingerprint density at radius 1 is 0.900 bits per heavy atom. The Morgan fingerprint density at radius 2 is 1.55 bits per heavy atom. The van der Waals surface area contributed by atoms with Crippen molar-refractivity contribution in [3.05, 3.63) is 34.9 Å². The first-order valence-corrected chi connectivity index (χ1v) is 8.00. The number of allylic oxidation sites excluding steroid dienone is 6. The fourth-order valence-corrected chi connectivity index (χ4v) is 1.82. The fourth-order valence-electron chi connectivity index (χ4n) is 1.82. The Labute approximate surface area is 126 Å². The topological polar surface area (TPSA) is 12.4 Å². The maximum absolute atomic E-state index is 4.38. The molecule has 0 fully saturated rings. The summed E-state index contributed by atoms with van der Waals surface area (Å²) in [7, 11) is 0. The molecule has 0 aromatic carbocycles. The van der Waals surface area contributed by atoms with E-state index >= 15 is 0 Å². The van der Waals surface area contributed by atoms with E-state index in [1.807, 2.05) is 6.21 Å². The minimum atomic E-state index is 0.962. The molecule has 0 radical (unpaired) electrons. The number of hydrogen-bond acceptors (Lipinski definition) is 1. The minimum Gasteiger partial charge on any atom is -0.293 e. The molecule has 20 heavy (non-hydrogen) atoms. The summed E-state index contributed by atoms with van der Waals surface area (Å²) in [5.74, 6) is 0. The van der Waals surface area contributed by atoms with E-state index in [1.165, 1.54) is 42.4 Å². The first-order chi connectivity index (χ1) is 9.56. The zero-order valence-corrected chi connectivity index (χ0v) is 14.2. The summed E-state index contributed by atoms with van der Waals surface area (Å²) in [6, 6.07) is 0. The molecule has 0 N–H and O–H groups in total. The SMILES string of the molecule is CCCCN=C/C=C(\C)CC/C=C(\C)CCC=C(C)C. The van der Waals surface area contributed by atoms with Crippen LogP contribution in [0.15, 0.2) is 39.9 Å². The smallest absolute Gasteiger partial charge is 0.0389 e. The van der Waals surface area contributed by atoms with Crippen LogP contribution < -0.4 is 0 Å². The van der Waals surface area contributed by atoms with Crippen molar-refractivity contribution in [2.45, 2.75) is 73.1 Å². The third kappa shape index (κ3) is 13.3. The molecule has 0 saturated heterocycles. The molecule has 1 nitrogen and oxygen atoms in total. The summed E-state index contributed by atoms with van der Waals surface area (Å²) in [6.45, 7) is 11.9. The summed E-state index contributed by atoms with van der Waals surface area (Å²) >= 11 is 0. The lowest BCUT2D eigenvalue weighted by atomic mass is 10.1. The number of aliphatic imine (C=N–C) groups is 1. The van der Waals surface area contributed by atoms with Crippen LogP contribution in [-0.2, 0) is 0 Å². The van der Waals surface area contributed by atoms with Gasteiger partial charge in [-0.25, -0.2) is 0 Å². The van der Waals surface area contributed by atoms with E-state index in [-0.39, 0.29) is 0 Å². The molecule has 0 saturated carbocycles. The summed E-state index contributed by atoms with van der Waals surface area (Å²) < 4.78 is 0. The van der Waals surface area contributed by atoms with Gasteiger partial charge in [-0.05, 0) is 65.9 Å². The van der Waals surface area contributed by atoms with Crippen LogP contribution in [0.3, 0.4) is 0 Å². The first-order valence-electron chi connectivity index (χ1n) is 8.00. The van der Waals surface area contributed by atoms with E-state index in [1.54, 1.807) is 0 Å². The van der Waals surface area contributed by atoms with Gasteiger partial charge >= 0.3 is 0 Å².